The number of aryl methyl sites for hydroxylation is 1. The molecule has 0 saturated heterocycles. The van der Waals surface area contributed by atoms with Gasteiger partial charge in [0.1, 0.15) is 5.75 Å². The van der Waals surface area contributed by atoms with Crippen LogP contribution in [0.3, 0.4) is 0 Å². The van der Waals surface area contributed by atoms with E-state index in [0.717, 1.165) is 20.2 Å². The number of ether oxygens (including phenoxy) is 1. The van der Waals surface area contributed by atoms with Crippen LogP contribution >= 0.6 is 31.9 Å². The molecule has 0 bridgehead atoms. The number of hydrogen-bond acceptors (Lipinski definition) is 4. The first-order valence-corrected chi connectivity index (χ1v) is 8.68. The SMILES string of the molecule is Cc1cc(Br)ccc1NC(=O)COc1ccc(Br)cc1.O=C(O)C(=O)O. The van der Waals surface area contributed by atoms with Gasteiger partial charge in [0.15, 0.2) is 6.61 Å². The first kappa shape index (κ1) is 21.7. The lowest BCUT2D eigenvalue weighted by molar-refractivity contribution is -0.159. The van der Waals surface area contributed by atoms with Gasteiger partial charge in [0.25, 0.3) is 5.91 Å². The smallest absolute Gasteiger partial charge is 0.414 e. The van der Waals surface area contributed by atoms with Crippen LogP contribution in [-0.4, -0.2) is 34.7 Å². The van der Waals surface area contributed by atoms with E-state index >= 15 is 0 Å². The highest BCUT2D eigenvalue weighted by molar-refractivity contribution is 9.10. The summed E-state index contributed by atoms with van der Waals surface area (Å²) >= 11 is 6.73. The van der Waals surface area contributed by atoms with Gasteiger partial charge in [-0.15, -0.1) is 0 Å². The van der Waals surface area contributed by atoms with Crippen LogP contribution in [-0.2, 0) is 14.4 Å². The van der Waals surface area contributed by atoms with Gasteiger partial charge in [-0.3, -0.25) is 4.79 Å². The number of nitrogens with one attached hydrogen (secondary N) is 1. The summed E-state index contributed by atoms with van der Waals surface area (Å²) in [6.45, 7) is 1.92. The van der Waals surface area contributed by atoms with Crippen LogP contribution < -0.4 is 10.1 Å². The van der Waals surface area contributed by atoms with Crippen LogP contribution in [0.4, 0.5) is 5.69 Å². The molecular formula is C17H15Br2NO6. The van der Waals surface area contributed by atoms with Crippen molar-refractivity contribution >= 4 is 55.4 Å². The maximum absolute atomic E-state index is 11.8. The van der Waals surface area contributed by atoms with Crippen LogP contribution in [0.25, 0.3) is 0 Å². The summed E-state index contributed by atoms with van der Waals surface area (Å²) in [5.74, 6) is -3.17. The fourth-order valence-corrected chi connectivity index (χ4v) is 2.37. The molecule has 0 aliphatic rings. The van der Waals surface area contributed by atoms with Gasteiger partial charge in [-0.25, -0.2) is 9.59 Å². The van der Waals surface area contributed by atoms with Crippen LogP contribution in [0.15, 0.2) is 51.4 Å². The fourth-order valence-electron chi connectivity index (χ4n) is 1.63. The molecule has 0 spiro atoms. The number of anilines is 1. The Bertz CT molecular complexity index is 780. The summed E-state index contributed by atoms with van der Waals surface area (Å²) in [4.78, 5) is 30.0. The van der Waals surface area contributed by atoms with Gasteiger partial charge in [0, 0.05) is 14.6 Å². The van der Waals surface area contributed by atoms with E-state index in [-0.39, 0.29) is 12.5 Å². The lowest BCUT2D eigenvalue weighted by Gasteiger charge is -2.10. The number of carboxylic acids is 2. The second kappa shape index (κ2) is 10.6. The lowest BCUT2D eigenvalue weighted by Crippen LogP contribution is -2.20. The van der Waals surface area contributed by atoms with Crippen molar-refractivity contribution in [1.82, 2.24) is 0 Å². The third-order valence-corrected chi connectivity index (χ3v) is 3.85. The van der Waals surface area contributed by atoms with Gasteiger partial charge in [-0.1, -0.05) is 31.9 Å². The number of halogens is 2. The van der Waals surface area contributed by atoms with Crippen molar-refractivity contribution in [2.24, 2.45) is 0 Å². The monoisotopic (exact) mass is 487 g/mol. The van der Waals surface area contributed by atoms with E-state index in [4.69, 9.17) is 24.5 Å². The highest BCUT2D eigenvalue weighted by Gasteiger charge is 2.06. The van der Waals surface area contributed by atoms with Gasteiger partial charge in [0.2, 0.25) is 0 Å². The number of carboxylic acid groups (broad SMARTS) is 2. The van der Waals surface area contributed by atoms with Crippen molar-refractivity contribution in [3.05, 3.63) is 57.0 Å². The van der Waals surface area contributed by atoms with Crippen LogP contribution in [0, 0.1) is 6.92 Å². The highest BCUT2D eigenvalue weighted by Crippen LogP contribution is 2.20. The Morgan fingerprint density at radius 1 is 0.962 bits per heavy atom. The molecule has 2 aromatic rings. The van der Waals surface area contributed by atoms with E-state index in [1.54, 1.807) is 0 Å². The zero-order chi connectivity index (χ0) is 19.7. The van der Waals surface area contributed by atoms with E-state index in [0.29, 0.717) is 5.75 Å². The number of amides is 1. The summed E-state index contributed by atoms with van der Waals surface area (Å²) in [5, 5.41) is 17.6. The van der Waals surface area contributed by atoms with Crippen LogP contribution in [0.1, 0.15) is 5.56 Å². The van der Waals surface area contributed by atoms with Gasteiger partial charge in [-0.2, -0.15) is 0 Å². The summed E-state index contributed by atoms with van der Waals surface area (Å²) in [6.07, 6.45) is 0. The van der Waals surface area contributed by atoms with Gasteiger partial charge in [0.05, 0.1) is 0 Å². The standard InChI is InChI=1S/C15H13Br2NO2.C2H2O4/c1-10-8-12(17)4-7-14(10)18-15(19)9-20-13-5-2-11(16)3-6-13;3-1(4)2(5)6/h2-8H,9H2,1H3,(H,18,19);(H,3,4)(H,5,6). The van der Waals surface area contributed by atoms with Gasteiger partial charge >= 0.3 is 11.9 Å². The van der Waals surface area contributed by atoms with Gasteiger partial charge in [-0.05, 0) is 55.0 Å². The number of benzene rings is 2. The Hall–Kier alpha value is -2.39. The van der Waals surface area contributed by atoms with Crippen molar-refractivity contribution in [3.8, 4) is 5.75 Å². The molecule has 0 fully saturated rings. The van der Waals surface area contributed by atoms with Crippen LogP contribution in [0.2, 0.25) is 0 Å². The Morgan fingerprint density at radius 3 is 2.00 bits per heavy atom. The molecule has 138 valence electrons. The van der Waals surface area contributed by atoms with E-state index in [9.17, 15) is 4.79 Å². The zero-order valence-corrected chi connectivity index (χ0v) is 16.7. The van der Waals surface area contributed by atoms with Crippen molar-refractivity contribution in [3.63, 3.8) is 0 Å². The Kier molecular flexibility index (Phi) is 8.80. The number of aliphatic carboxylic acids is 2. The number of hydrogen-bond donors (Lipinski definition) is 3. The predicted octanol–water partition coefficient (Wildman–Crippen LogP) is 3.69. The van der Waals surface area contributed by atoms with Crippen molar-refractivity contribution in [2.75, 3.05) is 11.9 Å². The minimum Gasteiger partial charge on any atom is -0.484 e. The molecular weight excluding hydrogens is 474 g/mol. The van der Waals surface area contributed by atoms with E-state index in [2.05, 4.69) is 37.2 Å². The molecule has 3 N–H and O–H groups in total. The Morgan fingerprint density at radius 2 is 1.50 bits per heavy atom. The topological polar surface area (TPSA) is 113 Å². The molecule has 0 aliphatic carbocycles. The Labute approximate surface area is 166 Å². The van der Waals surface area contributed by atoms with Crippen molar-refractivity contribution in [2.45, 2.75) is 6.92 Å². The first-order chi connectivity index (χ1) is 12.2. The lowest BCUT2D eigenvalue weighted by atomic mass is 10.2. The molecule has 0 aromatic heterocycles. The third kappa shape index (κ3) is 8.13. The summed E-state index contributed by atoms with van der Waals surface area (Å²) in [7, 11) is 0. The van der Waals surface area contributed by atoms with E-state index in [1.165, 1.54) is 0 Å². The summed E-state index contributed by atoms with van der Waals surface area (Å²) in [5.41, 5.74) is 1.79. The normalized spacial score (nSPS) is 9.50. The highest BCUT2D eigenvalue weighted by atomic mass is 79.9. The van der Waals surface area contributed by atoms with E-state index in [1.807, 2.05) is 49.4 Å². The summed E-state index contributed by atoms with van der Waals surface area (Å²) < 4.78 is 7.37. The first-order valence-electron chi connectivity index (χ1n) is 7.09. The minimum atomic E-state index is -1.82. The average molecular weight is 489 g/mol. The molecule has 0 atom stereocenters. The zero-order valence-electron chi connectivity index (χ0n) is 13.5. The fraction of sp³-hybridized carbons (Fsp3) is 0.118. The molecule has 0 heterocycles. The largest absolute Gasteiger partial charge is 0.484 e. The maximum atomic E-state index is 11.8. The average Bonchev–Trinajstić information content (AvgIpc) is 2.57. The summed E-state index contributed by atoms with van der Waals surface area (Å²) in [6, 6.07) is 13.0. The molecule has 2 rings (SSSR count). The molecule has 26 heavy (non-hydrogen) atoms. The molecule has 0 unspecified atom stereocenters. The molecule has 2 aromatic carbocycles. The number of carbonyl (C=O) groups is 3. The van der Waals surface area contributed by atoms with Gasteiger partial charge < -0.3 is 20.3 Å². The third-order valence-electron chi connectivity index (χ3n) is 2.83. The molecule has 0 aliphatic heterocycles. The van der Waals surface area contributed by atoms with Crippen LogP contribution in [0.5, 0.6) is 5.75 Å². The second-order valence-electron chi connectivity index (χ2n) is 4.86. The number of carbonyl (C=O) groups excluding carboxylic acids is 1. The van der Waals surface area contributed by atoms with Crippen molar-refractivity contribution < 1.29 is 29.3 Å². The molecule has 1 amide bonds. The van der Waals surface area contributed by atoms with E-state index < -0.39 is 11.9 Å². The molecule has 0 saturated carbocycles. The second-order valence-corrected chi connectivity index (χ2v) is 6.69. The predicted molar refractivity (Wildman–Crippen MR) is 102 cm³/mol. The molecule has 0 radical (unpaired) electrons. The van der Waals surface area contributed by atoms with Crippen molar-refractivity contribution in [1.29, 1.82) is 0 Å². The minimum absolute atomic E-state index is 0.0167. The number of rotatable bonds is 4. The Balaban J connectivity index is 0.000000487. The molecule has 7 nitrogen and oxygen atoms in total. The maximum Gasteiger partial charge on any atom is 0.414 e. The quantitative estimate of drug-likeness (QED) is 0.565. The molecule has 9 heteroatoms.